The fourth-order valence-electron chi connectivity index (χ4n) is 1.67. The highest BCUT2D eigenvalue weighted by Gasteiger charge is 2.40. The van der Waals surface area contributed by atoms with Crippen molar-refractivity contribution in [3.8, 4) is 5.75 Å². The largest absolute Gasteiger partial charge is 0.497 e. The van der Waals surface area contributed by atoms with Gasteiger partial charge in [0.25, 0.3) is 0 Å². The molecule has 0 aliphatic carbocycles. The Morgan fingerprint density at radius 2 is 2.06 bits per heavy atom. The summed E-state index contributed by atoms with van der Waals surface area (Å²) in [5.41, 5.74) is 1.17. The van der Waals surface area contributed by atoms with Gasteiger partial charge in [-0.3, -0.25) is 9.69 Å². The van der Waals surface area contributed by atoms with E-state index >= 15 is 0 Å². The molecule has 0 aromatic heterocycles. The molecule has 1 heterocycles. The van der Waals surface area contributed by atoms with E-state index in [2.05, 4.69) is 9.64 Å². The predicted octanol–water partition coefficient (Wildman–Crippen LogP) is 1.05. The summed E-state index contributed by atoms with van der Waals surface area (Å²) in [6.45, 7) is 1.57. The molecule has 1 aliphatic rings. The maximum Gasteiger partial charge on any atom is 0.324 e. The van der Waals surface area contributed by atoms with Crippen molar-refractivity contribution in [2.75, 3.05) is 20.8 Å². The molecule has 1 fully saturated rings. The first-order chi connectivity index (χ1) is 7.74. The number of esters is 1. The minimum atomic E-state index is -0.145. The molecule has 16 heavy (non-hydrogen) atoms. The number of carbonyl (C=O) groups excluding carboxylic acids is 1. The zero-order chi connectivity index (χ0) is 11.5. The highest BCUT2D eigenvalue weighted by atomic mass is 16.5. The molecule has 0 bridgehead atoms. The molecule has 86 valence electrons. The lowest BCUT2D eigenvalue weighted by atomic mass is 10.2. The van der Waals surface area contributed by atoms with Crippen LogP contribution in [-0.4, -0.2) is 37.7 Å². The predicted molar refractivity (Wildman–Crippen MR) is 59.2 cm³/mol. The lowest BCUT2D eigenvalue weighted by molar-refractivity contribution is -0.140. The quantitative estimate of drug-likeness (QED) is 0.562. The number of hydrogen-bond acceptors (Lipinski definition) is 4. The van der Waals surface area contributed by atoms with Gasteiger partial charge in [0.2, 0.25) is 0 Å². The van der Waals surface area contributed by atoms with Crippen molar-refractivity contribution in [2.24, 2.45) is 0 Å². The van der Waals surface area contributed by atoms with Crippen LogP contribution in [0, 0.1) is 0 Å². The number of rotatable bonds is 4. The van der Waals surface area contributed by atoms with Crippen LogP contribution in [0.4, 0.5) is 0 Å². The average Bonchev–Trinajstić information content (AvgIpc) is 3.08. The Bertz CT molecular complexity index is 374. The Labute approximate surface area is 94.8 Å². The van der Waals surface area contributed by atoms with Gasteiger partial charge in [0.15, 0.2) is 0 Å². The van der Waals surface area contributed by atoms with Crippen LogP contribution in [-0.2, 0) is 16.1 Å². The summed E-state index contributed by atoms with van der Waals surface area (Å²) in [5.74, 6) is 0.701. The molecule has 4 nitrogen and oxygen atoms in total. The molecule has 2 unspecified atom stereocenters. The number of hydrogen-bond donors (Lipinski definition) is 0. The van der Waals surface area contributed by atoms with E-state index in [0.717, 1.165) is 18.8 Å². The van der Waals surface area contributed by atoms with Gasteiger partial charge in [-0.05, 0) is 17.7 Å². The maximum absolute atomic E-state index is 11.2. The summed E-state index contributed by atoms with van der Waals surface area (Å²) in [6.07, 6.45) is 0. The summed E-state index contributed by atoms with van der Waals surface area (Å²) < 4.78 is 9.76. The normalized spacial score (nSPS) is 22.6. The van der Waals surface area contributed by atoms with Crippen LogP contribution >= 0.6 is 0 Å². The lowest BCUT2D eigenvalue weighted by Crippen LogP contribution is -2.14. The molecule has 0 radical (unpaired) electrons. The van der Waals surface area contributed by atoms with Crippen molar-refractivity contribution in [2.45, 2.75) is 12.6 Å². The van der Waals surface area contributed by atoms with Crippen LogP contribution in [0.1, 0.15) is 5.56 Å². The Morgan fingerprint density at radius 1 is 1.38 bits per heavy atom. The monoisotopic (exact) mass is 221 g/mol. The molecule has 4 heteroatoms. The molecule has 1 aliphatic heterocycles. The second-order valence-electron chi connectivity index (χ2n) is 3.82. The first-order valence-corrected chi connectivity index (χ1v) is 5.19. The first kappa shape index (κ1) is 11.0. The summed E-state index contributed by atoms with van der Waals surface area (Å²) in [4.78, 5) is 13.3. The van der Waals surface area contributed by atoms with E-state index in [1.165, 1.54) is 12.7 Å². The smallest absolute Gasteiger partial charge is 0.324 e. The number of ether oxygens (including phenoxy) is 2. The second kappa shape index (κ2) is 4.53. The third-order valence-corrected chi connectivity index (χ3v) is 2.73. The highest BCUT2D eigenvalue weighted by molar-refractivity contribution is 5.78. The summed E-state index contributed by atoms with van der Waals surface area (Å²) in [5, 5.41) is 0. The van der Waals surface area contributed by atoms with Crippen molar-refractivity contribution < 1.29 is 14.3 Å². The molecule has 1 aromatic rings. The number of carbonyl (C=O) groups is 1. The number of benzene rings is 1. The average molecular weight is 221 g/mol. The zero-order valence-corrected chi connectivity index (χ0v) is 9.47. The van der Waals surface area contributed by atoms with Gasteiger partial charge in [-0.2, -0.15) is 0 Å². The van der Waals surface area contributed by atoms with E-state index in [0.29, 0.717) is 0 Å². The standard InChI is InChI=1S/C12H15NO3/c1-15-10-5-3-9(4-6-10)7-13-8-11(13)12(14)16-2/h3-6,11H,7-8H2,1-2H3. The molecular weight excluding hydrogens is 206 g/mol. The third-order valence-electron chi connectivity index (χ3n) is 2.73. The minimum absolute atomic E-state index is 0.0490. The molecule has 1 saturated heterocycles. The van der Waals surface area contributed by atoms with Crippen LogP contribution in [0.2, 0.25) is 0 Å². The van der Waals surface area contributed by atoms with E-state index in [1.807, 2.05) is 24.3 Å². The van der Waals surface area contributed by atoms with Crippen LogP contribution in [0.15, 0.2) is 24.3 Å². The van der Waals surface area contributed by atoms with Gasteiger partial charge in [-0.15, -0.1) is 0 Å². The van der Waals surface area contributed by atoms with Gasteiger partial charge in [0.1, 0.15) is 11.8 Å². The molecule has 0 N–H and O–H groups in total. The van der Waals surface area contributed by atoms with E-state index in [4.69, 9.17) is 4.74 Å². The van der Waals surface area contributed by atoms with E-state index in [-0.39, 0.29) is 12.0 Å². The zero-order valence-electron chi connectivity index (χ0n) is 9.47. The van der Waals surface area contributed by atoms with Crippen LogP contribution in [0.25, 0.3) is 0 Å². The van der Waals surface area contributed by atoms with Crippen LogP contribution in [0.5, 0.6) is 5.75 Å². The molecule has 0 amide bonds. The minimum Gasteiger partial charge on any atom is -0.497 e. The fraction of sp³-hybridized carbons (Fsp3) is 0.417. The second-order valence-corrected chi connectivity index (χ2v) is 3.82. The van der Waals surface area contributed by atoms with Crippen LogP contribution < -0.4 is 4.74 Å². The molecule has 0 spiro atoms. The fourth-order valence-corrected chi connectivity index (χ4v) is 1.67. The number of nitrogens with zero attached hydrogens (tertiary/aromatic N) is 1. The summed E-state index contributed by atoms with van der Waals surface area (Å²) >= 11 is 0. The molecule has 2 atom stereocenters. The Kier molecular flexibility index (Phi) is 3.10. The van der Waals surface area contributed by atoms with Crippen molar-refractivity contribution in [1.29, 1.82) is 0 Å². The highest BCUT2D eigenvalue weighted by Crippen LogP contribution is 2.23. The summed E-state index contributed by atoms with van der Waals surface area (Å²) in [6, 6.07) is 7.81. The van der Waals surface area contributed by atoms with E-state index in [1.54, 1.807) is 7.11 Å². The van der Waals surface area contributed by atoms with Crippen LogP contribution in [0.3, 0.4) is 0 Å². The summed E-state index contributed by atoms with van der Waals surface area (Å²) in [7, 11) is 3.07. The van der Waals surface area contributed by atoms with Gasteiger partial charge < -0.3 is 9.47 Å². The van der Waals surface area contributed by atoms with E-state index in [9.17, 15) is 4.79 Å². The molecular formula is C12H15NO3. The molecule has 0 saturated carbocycles. The van der Waals surface area contributed by atoms with E-state index < -0.39 is 0 Å². The first-order valence-electron chi connectivity index (χ1n) is 5.19. The SMILES string of the molecule is COC(=O)C1CN1Cc1ccc(OC)cc1. The maximum atomic E-state index is 11.2. The van der Waals surface area contributed by atoms with Crippen molar-refractivity contribution in [3.05, 3.63) is 29.8 Å². The Morgan fingerprint density at radius 3 is 2.62 bits per heavy atom. The molecule has 1 aromatic carbocycles. The topological polar surface area (TPSA) is 38.5 Å². The van der Waals surface area contributed by atoms with Gasteiger partial charge >= 0.3 is 5.97 Å². The van der Waals surface area contributed by atoms with Gasteiger partial charge in [0.05, 0.1) is 14.2 Å². The lowest BCUT2D eigenvalue weighted by Gasteiger charge is -2.04. The van der Waals surface area contributed by atoms with Gasteiger partial charge in [-0.1, -0.05) is 12.1 Å². The Hall–Kier alpha value is -1.55. The van der Waals surface area contributed by atoms with Crippen molar-refractivity contribution in [3.63, 3.8) is 0 Å². The van der Waals surface area contributed by atoms with Crippen molar-refractivity contribution in [1.82, 2.24) is 4.90 Å². The van der Waals surface area contributed by atoms with Crippen molar-refractivity contribution >= 4 is 5.97 Å². The third kappa shape index (κ3) is 2.33. The molecule has 2 rings (SSSR count). The van der Waals surface area contributed by atoms with Gasteiger partial charge in [-0.25, -0.2) is 0 Å². The van der Waals surface area contributed by atoms with Gasteiger partial charge in [0, 0.05) is 13.1 Å². The Balaban J connectivity index is 1.89. The number of methoxy groups -OCH3 is 2.